The highest BCUT2D eigenvalue weighted by Crippen LogP contribution is 2.27. The van der Waals surface area contributed by atoms with E-state index in [2.05, 4.69) is 15.6 Å². The zero-order chi connectivity index (χ0) is 17.4. The number of hydrogen-bond donors (Lipinski definition) is 2. The van der Waals surface area contributed by atoms with Gasteiger partial charge in [0.25, 0.3) is 5.91 Å². The van der Waals surface area contributed by atoms with Crippen LogP contribution in [0.5, 0.6) is 0 Å². The van der Waals surface area contributed by atoms with Gasteiger partial charge >= 0.3 is 0 Å². The Balaban J connectivity index is 1.47. The average molecular weight is 339 g/mol. The number of rotatable bonds is 3. The number of carbonyl (C=O) groups is 1. The van der Waals surface area contributed by atoms with E-state index in [-0.39, 0.29) is 18.0 Å². The van der Waals surface area contributed by atoms with Crippen molar-refractivity contribution < 1.29 is 9.21 Å². The maximum atomic E-state index is 12.4. The SMILES string of the molecule is Cc1cc2cc(NC(=O)c3cn(C4CCC(N)CC4)nn3)ccc2o1. The smallest absolute Gasteiger partial charge is 0.277 e. The van der Waals surface area contributed by atoms with Crippen LogP contribution in [0.15, 0.2) is 34.9 Å². The van der Waals surface area contributed by atoms with Crippen LogP contribution < -0.4 is 11.1 Å². The Morgan fingerprint density at radius 2 is 2.08 bits per heavy atom. The number of carbonyl (C=O) groups excluding carboxylic acids is 1. The van der Waals surface area contributed by atoms with Crippen LogP contribution in [0.4, 0.5) is 5.69 Å². The molecular weight excluding hydrogens is 318 g/mol. The third-order valence-electron chi connectivity index (χ3n) is 4.76. The molecule has 2 aromatic heterocycles. The van der Waals surface area contributed by atoms with Crippen molar-refractivity contribution >= 4 is 22.6 Å². The number of nitrogens with zero attached hydrogens (tertiary/aromatic N) is 3. The predicted octanol–water partition coefficient (Wildman–Crippen LogP) is 3.03. The summed E-state index contributed by atoms with van der Waals surface area (Å²) in [7, 11) is 0. The fourth-order valence-electron chi connectivity index (χ4n) is 3.37. The Labute approximate surface area is 145 Å². The molecule has 0 atom stereocenters. The number of furan rings is 1. The van der Waals surface area contributed by atoms with E-state index in [0.29, 0.717) is 11.4 Å². The molecule has 3 aromatic rings. The molecule has 1 aliphatic rings. The highest BCUT2D eigenvalue weighted by Gasteiger charge is 2.22. The number of amides is 1. The van der Waals surface area contributed by atoms with Crippen molar-refractivity contribution in [2.75, 3.05) is 5.32 Å². The summed E-state index contributed by atoms with van der Waals surface area (Å²) >= 11 is 0. The van der Waals surface area contributed by atoms with Gasteiger partial charge in [-0.3, -0.25) is 4.79 Å². The molecule has 1 saturated carbocycles. The lowest BCUT2D eigenvalue weighted by molar-refractivity contribution is 0.102. The molecule has 4 rings (SSSR count). The number of hydrogen-bond acceptors (Lipinski definition) is 5. The molecule has 0 aliphatic heterocycles. The summed E-state index contributed by atoms with van der Waals surface area (Å²) in [5.41, 5.74) is 7.77. The minimum absolute atomic E-state index is 0.265. The van der Waals surface area contributed by atoms with E-state index in [4.69, 9.17) is 10.2 Å². The number of fused-ring (bicyclic) bond motifs is 1. The van der Waals surface area contributed by atoms with E-state index >= 15 is 0 Å². The lowest BCUT2D eigenvalue weighted by Crippen LogP contribution is -2.28. The van der Waals surface area contributed by atoms with Crippen LogP contribution in [0.1, 0.15) is 48.0 Å². The second-order valence-electron chi connectivity index (χ2n) is 6.72. The second kappa shape index (κ2) is 6.33. The van der Waals surface area contributed by atoms with Crippen LogP contribution in [0, 0.1) is 6.92 Å². The van der Waals surface area contributed by atoms with Gasteiger partial charge in [-0.05, 0) is 56.9 Å². The summed E-state index contributed by atoms with van der Waals surface area (Å²) in [6, 6.07) is 8.05. The molecule has 25 heavy (non-hydrogen) atoms. The first-order chi connectivity index (χ1) is 12.1. The molecule has 0 radical (unpaired) electrons. The third kappa shape index (κ3) is 3.28. The molecular formula is C18H21N5O2. The van der Waals surface area contributed by atoms with Crippen molar-refractivity contribution in [1.29, 1.82) is 0 Å². The molecule has 2 heterocycles. The quantitative estimate of drug-likeness (QED) is 0.764. The van der Waals surface area contributed by atoms with Gasteiger partial charge in [0.1, 0.15) is 11.3 Å². The van der Waals surface area contributed by atoms with E-state index in [1.54, 1.807) is 10.9 Å². The Kier molecular flexibility index (Phi) is 4.01. The van der Waals surface area contributed by atoms with Crippen molar-refractivity contribution in [3.63, 3.8) is 0 Å². The Hall–Kier alpha value is -2.67. The number of aryl methyl sites for hydroxylation is 1. The highest BCUT2D eigenvalue weighted by molar-refractivity contribution is 6.03. The van der Waals surface area contributed by atoms with Gasteiger partial charge in [-0.25, -0.2) is 4.68 Å². The first-order valence-electron chi connectivity index (χ1n) is 8.57. The number of nitrogens with one attached hydrogen (secondary N) is 1. The number of anilines is 1. The van der Waals surface area contributed by atoms with E-state index in [9.17, 15) is 4.79 Å². The first kappa shape index (κ1) is 15.8. The Morgan fingerprint density at radius 1 is 1.28 bits per heavy atom. The van der Waals surface area contributed by atoms with Gasteiger partial charge in [0, 0.05) is 17.1 Å². The summed E-state index contributed by atoms with van der Waals surface area (Å²) in [5.74, 6) is 0.576. The second-order valence-corrected chi connectivity index (χ2v) is 6.72. The summed E-state index contributed by atoms with van der Waals surface area (Å²) < 4.78 is 7.34. The van der Waals surface area contributed by atoms with Crippen molar-refractivity contribution in [3.8, 4) is 0 Å². The van der Waals surface area contributed by atoms with Gasteiger partial charge in [-0.15, -0.1) is 5.10 Å². The van der Waals surface area contributed by atoms with E-state index in [1.807, 2.05) is 31.2 Å². The van der Waals surface area contributed by atoms with Crippen LogP contribution in [-0.4, -0.2) is 26.9 Å². The van der Waals surface area contributed by atoms with Gasteiger partial charge in [0.2, 0.25) is 0 Å². The molecule has 0 unspecified atom stereocenters. The zero-order valence-corrected chi connectivity index (χ0v) is 14.1. The van der Waals surface area contributed by atoms with E-state index in [1.165, 1.54) is 0 Å². The highest BCUT2D eigenvalue weighted by atomic mass is 16.3. The van der Waals surface area contributed by atoms with Crippen LogP contribution >= 0.6 is 0 Å². The summed E-state index contributed by atoms with van der Waals surface area (Å²) in [6.45, 7) is 1.90. The predicted molar refractivity (Wildman–Crippen MR) is 94.4 cm³/mol. The fourth-order valence-corrected chi connectivity index (χ4v) is 3.37. The lowest BCUT2D eigenvalue weighted by Gasteiger charge is -2.25. The van der Waals surface area contributed by atoms with Gasteiger partial charge in [0.15, 0.2) is 5.69 Å². The third-order valence-corrected chi connectivity index (χ3v) is 4.76. The van der Waals surface area contributed by atoms with E-state index in [0.717, 1.165) is 42.4 Å². The maximum Gasteiger partial charge on any atom is 0.277 e. The molecule has 3 N–H and O–H groups in total. The topological polar surface area (TPSA) is 99.0 Å². The normalized spacial score (nSPS) is 20.7. The van der Waals surface area contributed by atoms with Gasteiger partial charge < -0.3 is 15.5 Å². The summed E-state index contributed by atoms with van der Waals surface area (Å²) in [5, 5.41) is 12.0. The van der Waals surface area contributed by atoms with Crippen LogP contribution in [-0.2, 0) is 0 Å². The molecule has 1 aromatic carbocycles. The molecule has 130 valence electrons. The van der Waals surface area contributed by atoms with Crippen LogP contribution in [0.3, 0.4) is 0 Å². The van der Waals surface area contributed by atoms with Crippen molar-refractivity contribution in [2.24, 2.45) is 5.73 Å². The molecule has 1 fully saturated rings. The van der Waals surface area contributed by atoms with Crippen LogP contribution in [0.25, 0.3) is 11.0 Å². The minimum atomic E-state index is -0.265. The lowest BCUT2D eigenvalue weighted by atomic mass is 9.92. The van der Waals surface area contributed by atoms with Crippen molar-refractivity contribution in [2.45, 2.75) is 44.7 Å². The van der Waals surface area contributed by atoms with Gasteiger partial charge in [-0.1, -0.05) is 5.21 Å². The summed E-state index contributed by atoms with van der Waals surface area (Å²) in [4.78, 5) is 12.4. The Bertz CT molecular complexity index is 905. The van der Waals surface area contributed by atoms with Gasteiger partial charge in [-0.2, -0.15) is 0 Å². The molecule has 7 nitrogen and oxygen atoms in total. The molecule has 0 saturated heterocycles. The van der Waals surface area contributed by atoms with Crippen molar-refractivity contribution in [3.05, 3.63) is 41.9 Å². The fraction of sp³-hybridized carbons (Fsp3) is 0.389. The standard InChI is InChI=1S/C18H21N5O2/c1-11-8-12-9-14(4-7-17(12)25-11)20-18(24)16-10-23(22-21-16)15-5-2-13(19)3-6-15/h4,7-10,13,15H,2-3,5-6,19H2,1H3,(H,20,24). The molecule has 0 spiro atoms. The van der Waals surface area contributed by atoms with Crippen LogP contribution in [0.2, 0.25) is 0 Å². The largest absolute Gasteiger partial charge is 0.461 e. The first-order valence-corrected chi connectivity index (χ1v) is 8.57. The number of benzene rings is 1. The number of nitrogens with two attached hydrogens (primary N) is 1. The molecule has 1 aliphatic carbocycles. The van der Waals surface area contributed by atoms with Gasteiger partial charge in [0.05, 0.1) is 12.2 Å². The molecule has 0 bridgehead atoms. The van der Waals surface area contributed by atoms with Crippen molar-refractivity contribution in [1.82, 2.24) is 15.0 Å². The van der Waals surface area contributed by atoms with E-state index < -0.39 is 0 Å². The Morgan fingerprint density at radius 3 is 2.88 bits per heavy atom. The summed E-state index contributed by atoms with van der Waals surface area (Å²) in [6.07, 6.45) is 5.63. The molecule has 7 heteroatoms. The average Bonchev–Trinajstić information content (AvgIpc) is 3.21. The number of aromatic nitrogens is 3. The maximum absolute atomic E-state index is 12.4. The minimum Gasteiger partial charge on any atom is -0.461 e. The monoisotopic (exact) mass is 339 g/mol. The molecule has 1 amide bonds. The zero-order valence-electron chi connectivity index (χ0n) is 14.1.